The van der Waals surface area contributed by atoms with E-state index in [4.69, 9.17) is 0 Å². The Kier molecular flexibility index (Phi) is 4.78. The number of carbonyl (C=O) groups excluding carboxylic acids is 1. The van der Waals surface area contributed by atoms with Gasteiger partial charge in [0.1, 0.15) is 6.54 Å². The van der Waals surface area contributed by atoms with Crippen molar-refractivity contribution >= 4 is 22.6 Å². The molecule has 0 aliphatic carbocycles. The molecule has 2 aromatic heterocycles. The van der Waals surface area contributed by atoms with E-state index in [1.165, 1.54) is 10.8 Å². The average molecular weight is 386 g/mol. The van der Waals surface area contributed by atoms with Gasteiger partial charge < -0.3 is 5.32 Å². The van der Waals surface area contributed by atoms with Gasteiger partial charge in [-0.1, -0.05) is 30.3 Å². The molecule has 1 N–H and O–H groups in total. The topological polar surface area (TPSA) is 86.0 Å². The van der Waals surface area contributed by atoms with Crippen molar-refractivity contribution < 1.29 is 4.79 Å². The zero-order valence-electron chi connectivity index (χ0n) is 15.7. The third-order valence-electron chi connectivity index (χ3n) is 4.51. The van der Waals surface area contributed by atoms with Crippen LogP contribution in [0.3, 0.4) is 0 Å². The minimum absolute atomic E-state index is 0.254. The highest BCUT2D eigenvalue weighted by molar-refractivity contribution is 5.90. The molecule has 0 aliphatic heterocycles. The number of nitrogens with zero attached hydrogens (tertiary/aromatic N) is 3. The van der Waals surface area contributed by atoms with E-state index < -0.39 is 23.7 Å². The summed E-state index contributed by atoms with van der Waals surface area (Å²) in [5.74, 6) is -0.461. The molecule has 0 bridgehead atoms. The molecule has 0 aliphatic rings. The maximum absolute atomic E-state index is 13.2. The number of nitrogens with one attached hydrogen (secondary N) is 1. The maximum Gasteiger partial charge on any atom is 0.337 e. The Morgan fingerprint density at radius 1 is 1.00 bits per heavy atom. The summed E-state index contributed by atoms with van der Waals surface area (Å²) in [5, 5.41) is 2.99. The van der Waals surface area contributed by atoms with Gasteiger partial charge >= 0.3 is 5.69 Å². The second-order valence-electron chi connectivity index (χ2n) is 6.64. The Labute approximate surface area is 165 Å². The summed E-state index contributed by atoms with van der Waals surface area (Å²) in [6.07, 6.45) is 1.52. The van der Waals surface area contributed by atoms with Crippen LogP contribution in [0.5, 0.6) is 0 Å². The third kappa shape index (κ3) is 3.58. The number of carbonyl (C=O) groups is 1. The normalized spacial score (nSPS) is 10.8. The van der Waals surface area contributed by atoms with Gasteiger partial charge in [-0.25, -0.2) is 18.9 Å². The molecule has 0 spiro atoms. The lowest BCUT2D eigenvalue weighted by molar-refractivity contribution is -0.116. The SMILES string of the molecule is Cc1cccc(NC(=O)Cn2c(=O)c3cccnc3n(-c3ccccc3)c2=O)c1. The highest BCUT2D eigenvalue weighted by Crippen LogP contribution is 2.12. The monoisotopic (exact) mass is 386 g/mol. The van der Waals surface area contributed by atoms with Crippen LogP contribution >= 0.6 is 0 Å². The Morgan fingerprint density at radius 3 is 2.55 bits per heavy atom. The van der Waals surface area contributed by atoms with Gasteiger partial charge in [0.25, 0.3) is 5.56 Å². The number of para-hydroxylation sites is 1. The highest BCUT2D eigenvalue weighted by Gasteiger charge is 2.17. The molecular weight excluding hydrogens is 368 g/mol. The zero-order chi connectivity index (χ0) is 20.4. The first-order valence-electron chi connectivity index (χ1n) is 9.07. The smallest absolute Gasteiger partial charge is 0.325 e. The second-order valence-corrected chi connectivity index (χ2v) is 6.64. The van der Waals surface area contributed by atoms with Crippen LogP contribution in [0.2, 0.25) is 0 Å². The van der Waals surface area contributed by atoms with Crippen molar-refractivity contribution in [2.24, 2.45) is 0 Å². The fraction of sp³-hybridized carbons (Fsp3) is 0.0909. The molecule has 29 heavy (non-hydrogen) atoms. The average Bonchev–Trinajstić information content (AvgIpc) is 2.72. The number of aromatic nitrogens is 3. The quantitative estimate of drug-likeness (QED) is 0.584. The summed E-state index contributed by atoms with van der Waals surface area (Å²) < 4.78 is 2.28. The molecule has 0 saturated heterocycles. The van der Waals surface area contributed by atoms with Crippen LogP contribution in [0.25, 0.3) is 16.7 Å². The Bertz CT molecular complexity index is 1320. The number of anilines is 1. The Balaban J connectivity index is 1.82. The molecule has 0 radical (unpaired) electrons. The fourth-order valence-electron chi connectivity index (χ4n) is 3.20. The van der Waals surface area contributed by atoms with E-state index in [0.717, 1.165) is 10.1 Å². The van der Waals surface area contributed by atoms with Crippen molar-refractivity contribution in [1.82, 2.24) is 14.1 Å². The van der Waals surface area contributed by atoms with Gasteiger partial charge in [-0.2, -0.15) is 0 Å². The first-order valence-corrected chi connectivity index (χ1v) is 9.07. The van der Waals surface area contributed by atoms with Gasteiger partial charge in [0.05, 0.1) is 11.1 Å². The van der Waals surface area contributed by atoms with Crippen LogP contribution < -0.4 is 16.6 Å². The Hall–Kier alpha value is -4.00. The van der Waals surface area contributed by atoms with Crippen molar-refractivity contribution in [3.63, 3.8) is 0 Å². The molecule has 1 amide bonds. The number of hydrogen-bond acceptors (Lipinski definition) is 4. The van der Waals surface area contributed by atoms with Crippen molar-refractivity contribution in [3.8, 4) is 5.69 Å². The second kappa shape index (κ2) is 7.55. The van der Waals surface area contributed by atoms with Crippen molar-refractivity contribution in [1.29, 1.82) is 0 Å². The van der Waals surface area contributed by atoms with Gasteiger partial charge in [0.15, 0.2) is 5.65 Å². The largest absolute Gasteiger partial charge is 0.337 e. The van der Waals surface area contributed by atoms with Crippen LogP contribution in [0.4, 0.5) is 5.69 Å². The molecule has 4 rings (SSSR count). The minimum atomic E-state index is -0.619. The molecule has 0 fully saturated rings. The molecule has 144 valence electrons. The van der Waals surface area contributed by atoms with E-state index in [1.807, 2.05) is 31.2 Å². The van der Waals surface area contributed by atoms with Crippen molar-refractivity contribution in [2.75, 3.05) is 5.32 Å². The van der Waals surface area contributed by atoms with Crippen molar-refractivity contribution in [3.05, 3.63) is 99.3 Å². The first-order chi connectivity index (χ1) is 14.0. The summed E-state index contributed by atoms with van der Waals surface area (Å²) in [5.41, 5.74) is 1.24. The summed E-state index contributed by atoms with van der Waals surface area (Å²) >= 11 is 0. The number of hydrogen-bond donors (Lipinski definition) is 1. The lowest BCUT2D eigenvalue weighted by atomic mass is 10.2. The summed E-state index contributed by atoms with van der Waals surface area (Å²) in [4.78, 5) is 42.8. The van der Waals surface area contributed by atoms with Crippen molar-refractivity contribution in [2.45, 2.75) is 13.5 Å². The Morgan fingerprint density at radius 2 is 1.79 bits per heavy atom. The van der Waals surface area contributed by atoms with Gasteiger partial charge in [-0.05, 0) is 48.9 Å². The third-order valence-corrected chi connectivity index (χ3v) is 4.51. The van der Waals surface area contributed by atoms with Gasteiger partial charge in [-0.15, -0.1) is 0 Å². The number of amides is 1. The van der Waals surface area contributed by atoms with Crippen LogP contribution in [-0.4, -0.2) is 20.0 Å². The predicted molar refractivity (Wildman–Crippen MR) is 111 cm³/mol. The van der Waals surface area contributed by atoms with E-state index in [9.17, 15) is 14.4 Å². The predicted octanol–water partition coefficient (Wildman–Crippen LogP) is 2.49. The van der Waals surface area contributed by atoms with Gasteiger partial charge in [0.2, 0.25) is 5.91 Å². The molecule has 7 nitrogen and oxygen atoms in total. The molecule has 4 aromatic rings. The molecule has 2 heterocycles. The van der Waals surface area contributed by atoms with Gasteiger partial charge in [0, 0.05) is 11.9 Å². The zero-order valence-corrected chi connectivity index (χ0v) is 15.7. The summed E-state index contributed by atoms with van der Waals surface area (Å²) in [6, 6.07) is 19.4. The van der Waals surface area contributed by atoms with E-state index in [2.05, 4.69) is 10.3 Å². The number of pyridine rings is 1. The summed E-state index contributed by atoms with van der Waals surface area (Å²) in [7, 11) is 0. The van der Waals surface area contributed by atoms with Crippen LogP contribution in [0, 0.1) is 6.92 Å². The fourth-order valence-corrected chi connectivity index (χ4v) is 3.20. The lowest BCUT2D eigenvalue weighted by Crippen LogP contribution is -2.42. The molecule has 7 heteroatoms. The van der Waals surface area contributed by atoms with Crippen LogP contribution in [0.1, 0.15) is 5.56 Å². The van der Waals surface area contributed by atoms with E-state index in [0.29, 0.717) is 11.4 Å². The lowest BCUT2D eigenvalue weighted by Gasteiger charge is -2.13. The van der Waals surface area contributed by atoms with E-state index >= 15 is 0 Å². The van der Waals surface area contributed by atoms with Crippen LogP contribution in [-0.2, 0) is 11.3 Å². The number of aryl methyl sites for hydroxylation is 1. The number of benzene rings is 2. The minimum Gasteiger partial charge on any atom is -0.325 e. The van der Waals surface area contributed by atoms with E-state index in [-0.39, 0.29) is 11.0 Å². The highest BCUT2D eigenvalue weighted by atomic mass is 16.2. The molecule has 0 saturated carbocycles. The van der Waals surface area contributed by atoms with Gasteiger partial charge in [-0.3, -0.25) is 9.59 Å². The molecule has 0 atom stereocenters. The molecular formula is C22H18N4O3. The molecule has 0 unspecified atom stereocenters. The van der Waals surface area contributed by atoms with E-state index in [1.54, 1.807) is 42.5 Å². The maximum atomic E-state index is 13.2. The van der Waals surface area contributed by atoms with Crippen LogP contribution in [0.15, 0.2) is 82.5 Å². The molecule has 2 aromatic carbocycles. The summed E-state index contributed by atoms with van der Waals surface area (Å²) in [6.45, 7) is 1.51. The first kappa shape index (κ1) is 18.4. The number of rotatable bonds is 4. The standard InChI is InChI=1S/C22H18N4O3/c1-15-7-5-8-16(13-15)24-19(27)14-25-21(28)18-11-6-12-23-20(18)26(22(25)29)17-9-3-2-4-10-17/h2-13H,14H2,1H3,(H,24,27). The number of fused-ring (bicyclic) bond motifs is 1.